The lowest BCUT2D eigenvalue weighted by Gasteiger charge is -2.12. The zero-order chi connectivity index (χ0) is 14.5. The minimum absolute atomic E-state index is 0.378. The fourth-order valence-corrected chi connectivity index (χ4v) is 1.97. The maximum Gasteiger partial charge on any atom is 0.150 e. The van der Waals surface area contributed by atoms with Gasteiger partial charge in [0.05, 0.1) is 17.8 Å². The number of fused-ring (bicyclic) bond motifs is 1. The second-order valence-electron chi connectivity index (χ2n) is 5.12. The molecule has 1 heterocycles. The molecule has 0 atom stereocenters. The molecule has 1 aromatic carbocycles. The van der Waals surface area contributed by atoms with Crippen molar-refractivity contribution in [2.45, 2.75) is 13.8 Å². The highest BCUT2D eigenvalue weighted by Crippen LogP contribution is 2.29. The number of halogens is 1. The fourth-order valence-electron chi connectivity index (χ4n) is 1.97. The first kappa shape index (κ1) is 14.5. The van der Waals surface area contributed by atoms with Gasteiger partial charge in [0.1, 0.15) is 0 Å². The molecule has 0 bridgehead atoms. The van der Waals surface area contributed by atoms with Gasteiger partial charge in [-0.05, 0) is 24.1 Å². The van der Waals surface area contributed by atoms with Crippen LogP contribution in [-0.4, -0.2) is 24.7 Å². The average molecular weight is 277 g/mol. The molecule has 2 aromatic rings. The Morgan fingerprint density at radius 1 is 1.45 bits per heavy atom. The monoisotopic (exact) mass is 277 g/mol. The molecule has 0 radical (unpaired) electrons. The van der Waals surface area contributed by atoms with E-state index in [1.54, 1.807) is 12.3 Å². The Hall–Kier alpha value is -1.88. The highest BCUT2D eigenvalue weighted by molar-refractivity contribution is 5.98. The van der Waals surface area contributed by atoms with Gasteiger partial charge >= 0.3 is 0 Å². The maximum atomic E-state index is 14.0. The topological polar surface area (TPSA) is 60.2 Å². The Balaban J connectivity index is 2.10. The summed E-state index contributed by atoms with van der Waals surface area (Å²) in [6.07, 6.45) is 1.63. The van der Waals surface area contributed by atoms with Gasteiger partial charge in [0.25, 0.3) is 0 Å². The zero-order valence-electron chi connectivity index (χ0n) is 11.8. The minimum atomic E-state index is -0.391. The van der Waals surface area contributed by atoms with Crippen molar-refractivity contribution < 1.29 is 9.13 Å². The van der Waals surface area contributed by atoms with E-state index in [1.807, 2.05) is 6.07 Å². The summed E-state index contributed by atoms with van der Waals surface area (Å²) in [7, 11) is 0. The number of ether oxygens (including phenoxy) is 1. The Morgan fingerprint density at radius 2 is 2.25 bits per heavy atom. The van der Waals surface area contributed by atoms with Gasteiger partial charge in [-0.25, -0.2) is 4.39 Å². The molecule has 108 valence electrons. The van der Waals surface area contributed by atoms with E-state index < -0.39 is 5.82 Å². The summed E-state index contributed by atoms with van der Waals surface area (Å²) in [6, 6.07) is 4.94. The summed E-state index contributed by atoms with van der Waals surface area (Å²) >= 11 is 0. The molecule has 0 fully saturated rings. The van der Waals surface area contributed by atoms with Crippen LogP contribution in [0.15, 0.2) is 24.4 Å². The highest BCUT2D eigenvalue weighted by Gasteiger charge is 2.11. The van der Waals surface area contributed by atoms with Crippen molar-refractivity contribution in [1.29, 1.82) is 0 Å². The summed E-state index contributed by atoms with van der Waals surface area (Å²) in [4.78, 5) is 4.21. The number of rotatable bonds is 6. The van der Waals surface area contributed by atoms with Crippen molar-refractivity contribution in [1.82, 2.24) is 4.98 Å². The molecular weight excluding hydrogens is 257 g/mol. The van der Waals surface area contributed by atoms with Crippen LogP contribution < -0.4 is 11.1 Å². The van der Waals surface area contributed by atoms with Gasteiger partial charge in [-0.3, -0.25) is 4.98 Å². The normalized spacial score (nSPS) is 11.2. The van der Waals surface area contributed by atoms with Crippen molar-refractivity contribution in [2.75, 3.05) is 30.8 Å². The van der Waals surface area contributed by atoms with Gasteiger partial charge in [-0.2, -0.15) is 0 Å². The first-order valence-corrected chi connectivity index (χ1v) is 6.74. The molecule has 0 amide bonds. The van der Waals surface area contributed by atoms with Crippen LogP contribution in [0.5, 0.6) is 0 Å². The Labute approximate surface area is 118 Å². The summed E-state index contributed by atoms with van der Waals surface area (Å²) < 4.78 is 19.5. The molecule has 0 unspecified atom stereocenters. The smallest absolute Gasteiger partial charge is 0.150 e. The number of hydrogen-bond acceptors (Lipinski definition) is 4. The third-order valence-corrected chi connectivity index (χ3v) is 2.88. The van der Waals surface area contributed by atoms with Crippen molar-refractivity contribution >= 4 is 22.3 Å². The summed E-state index contributed by atoms with van der Waals surface area (Å²) in [6.45, 7) is 5.93. The molecule has 0 aliphatic carbocycles. The standard InChI is InChI=1S/C15H20FN3O/c1-10(2)9-20-7-6-19-15-12(16)8-13(17)11-4-3-5-18-14(11)15/h3-5,8,10,19H,6-7,9,17H2,1-2H3. The molecule has 0 aliphatic heterocycles. The first-order chi connectivity index (χ1) is 9.59. The van der Waals surface area contributed by atoms with E-state index >= 15 is 0 Å². The van der Waals surface area contributed by atoms with Crippen LogP contribution in [0.25, 0.3) is 10.9 Å². The van der Waals surface area contributed by atoms with E-state index in [9.17, 15) is 4.39 Å². The highest BCUT2D eigenvalue weighted by atomic mass is 19.1. The van der Waals surface area contributed by atoms with Gasteiger partial charge in [-0.15, -0.1) is 0 Å². The Kier molecular flexibility index (Phi) is 4.74. The number of nitrogens with one attached hydrogen (secondary N) is 1. The molecule has 0 saturated carbocycles. The third kappa shape index (κ3) is 3.36. The Morgan fingerprint density at radius 3 is 3.00 bits per heavy atom. The van der Waals surface area contributed by atoms with Gasteiger partial charge in [-0.1, -0.05) is 13.8 Å². The molecule has 0 aliphatic rings. The maximum absolute atomic E-state index is 14.0. The third-order valence-electron chi connectivity index (χ3n) is 2.88. The minimum Gasteiger partial charge on any atom is -0.398 e. The SMILES string of the molecule is CC(C)COCCNc1c(F)cc(N)c2cccnc12. The molecule has 2 rings (SSSR count). The first-order valence-electron chi connectivity index (χ1n) is 6.74. The van der Waals surface area contributed by atoms with Crippen LogP contribution in [0.4, 0.5) is 15.8 Å². The molecule has 1 aromatic heterocycles. The van der Waals surface area contributed by atoms with E-state index in [4.69, 9.17) is 10.5 Å². The largest absolute Gasteiger partial charge is 0.398 e. The number of aromatic nitrogens is 1. The summed E-state index contributed by atoms with van der Waals surface area (Å²) in [5, 5.41) is 3.79. The molecule has 5 heteroatoms. The van der Waals surface area contributed by atoms with E-state index in [0.29, 0.717) is 42.6 Å². The summed E-state index contributed by atoms with van der Waals surface area (Å²) in [5.74, 6) is 0.100. The second-order valence-corrected chi connectivity index (χ2v) is 5.12. The van der Waals surface area contributed by atoms with Crippen LogP contribution in [0.1, 0.15) is 13.8 Å². The lowest BCUT2D eigenvalue weighted by atomic mass is 10.1. The molecule has 0 spiro atoms. The summed E-state index contributed by atoms with van der Waals surface area (Å²) in [5.41, 5.74) is 7.13. The van der Waals surface area contributed by atoms with Crippen molar-refractivity contribution in [3.05, 3.63) is 30.2 Å². The van der Waals surface area contributed by atoms with Gasteiger partial charge in [0, 0.05) is 30.4 Å². The van der Waals surface area contributed by atoms with Gasteiger partial charge in [0.15, 0.2) is 5.82 Å². The number of nitrogens with zero attached hydrogens (tertiary/aromatic N) is 1. The van der Waals surface area contributed by atoms with Crippen LogP contribution in [0.2, 0.25) is 0 Å². The van der Waals surface area contributed by atoms with Crippen molar-refractivity contribution in [3.63, 3.8) is 0 Å². The van der Waals surface area contributed by atoms with Gasteiger partial charge < -0.3 is 15.8 Å². The van der Waals surface area contributed by atoms with Crippen molar-refractivity contribution in [3.8, 4) is 0 Å². The number of nitrogen functional groups attached to an aromatic ring is 1. The number of hydrogen-bond donors (Lipinski definition) is 2. The fraction of sp³-hybridized carbons (Fsp3) is 0.400. The van der Waals surface area contributed by atoms with Gasteiger partial charge in [0.2, 0.25) is 0 Å². The quantitative estimate of drug-likeness (QED) is 0.629. The van der Waals surface area contributed by atoms with E-state index in [-0.39, 0.29) is 0 Å². The lowest BCUT2D eigenvalue weighted by molar-refractivity contribution is 0.118. The Bertz CT molecular complexity index is 587. The van der Waals surface area contributed by atoms with E-state index in [2.05, 4.69) is 24.1 Å². The van der Waals surface area contributed by atoms with Crippen LogP contribution in [-0.2, 0) is 4.74 Å². The van der Waals surface area contributed by atoms with Crippen LogP contribution in [0, 0.1) is 11.7 Å². The van der Waals surface area contributed by atoms with E-state index in [0.717, 1.165) is 5.39 Å². The van der Waals surface area contributed by atoms with Crippen molar-refractivity contribution in [2.24, 2.45) is 5.92 Å². The van der Waals surface area contributed by atoms with E-state index in [1.165, 1.54) is 6.07 Å². The lowest BCUT2D eigenvalue weighted by Crippen LogP contribution is -2.13. The number of pyridine rings is 1. The molecular formula is C15H20FN3O. The predicted molar refractivity (Wildman–Crippen MR) is 80.3 cm³/mol. The average Bonchev–Trinajstić information content (AvgIpc) is 2.41. The number of nitrogens with two attached hydrogens (primary N) is 1. The number of benzene rings is 1. The number of anilines is 2. The molecule has 0 saturated heterocycles. The zero-order valence-corrected chi connectivity index (χ0v) is 11.8. The molecule has 4 nitrogen and oxygen atoms in total. The van der Waals surface area contributed by atoms with Crippen LogP contribution >= 0.6 is 0 Å². The molecule has 20 heavy (non-hydrogen) atoms. The predicted octanol–water partition coefficient (Wildman–Crippen LogP) is 3.04. The second kappa shape index (κ2) is 6.52. The van der Waals surface area contributed by atoms with Crippen LogP contribution in [0.3, 0.4) is 0 Å². The molecule has 3 N–H and O–H groups in total.